The van der Waals surface area contributed by atoms with Gasteiger partial charge in [0.2, 0.25) is 10.0 Å². The number of nitrogens with two attached hydrogens (primary N) is 1. The summed E-state index contributed by atoms with van der Waals surface area (Å²) >= 11 is 1.52. The molecule has 1 atom stereocenters. The quantitative estimate of drug-likeness (QED) is 0.831. The summed E-state index contributed by atoms with van der Waals surface area (Å²) in [6.07, 6.45) is 1.71. The molecule has 2 rings (SSSR count). The Bertz CT molecular complexity index is 534. The van der Waals surface area contributed by atoms with Crippen molar-refractivity contribution in [1.82, 2.24) is 4.31 Å². The minimum absolute atomic E-state index is 0.216. The fourth-order valence-electron chi connectivity index (χ4n) is 1.96. The Morgan fingerprint density at radius 2 is 2.32 bits per heavy atom. The molecule has 1 aliphatic heterocycles. The summed E-state index contributed by atoms with van der Waals surface area (Å²) in [4.78, 5) is 1.27. The van der Waals surface area contributed by atoms with E-state index in [9.17, 15) is 8.42 Å². The van der Waals surface area contributed by atoms with E-state index in [1.807, 2.05) is 12.3 Å². The van der Waals surface area contributed by atoms with Crippen LogP contribution in [0.15, 0.2) is 34.1 Å². The molecule has 0 radical (unpaired) electrons. The summed E-state index contributed by atoms with van der Waals surface area (Å²) in [5.41, 5.74) is 5.54. The molecule has 1 heterocycles. The number of hydrogen-bond acceptors (Lipinski definition) is 5. The average molecular weight is 302 g/mol. The highest BCUT2D eigenvalue weighted by Gasteiger charge is 2.30. The van der Waals surface area contributed by atoms with Gasteiger partial charge in [-0.15, -0.1) is 11.8 Å². The van der Waals surface area contributed by atoms with E-state index in [1.54, 1.807) is 18.2 Å². The number of benzene rings is 1. The molecule has 0 aromatic heterocycles. The third kappa shape index (κ3) is 3.29. The van der Waals surface area contributed by atoms with Crippen molar-refractivity contribution in [3.05, 3.63) is 24.3 Å². The van der Waals surface area contributed by atoms with Crippen LogP contribution in [0, 0.1) is 0 Å². The molecule has 7 heteroatoms. The summed E-state index contributed by atoms with van der Waals surface area (Å²) in [5, 5.41) is 0. The molecule has 2 N–H and O–H groups in total. The molecule has 0 aliphatic carbocycles. The molecule has 1 unspecified atom stereocenters. The third-order valence-corrected chi connectivity index (χ3v) is 5.63. The zero-order valence-electron chi connectivity index (χ0n) is 10.8. The van der Waals surface area contributed by atoms with Crippen LogP contribution in [-0.4, -0.2) is 51.3 Å². The van der Waals surface area contributed by atoms with Crippen molar-refractivity contribution < 1.29 is 13.2 Å². The Morgan fingerprint density at radius 1 is 1.53 bits per heavy atom. The largest absolute Gasteiger partial charge is 0.374 e. The van der Waals surface area contributed by atoms with Gasteiger partial charge in [0.1, 0.15) is 0 Å². The topological polar surface area (TPSA) is 72.6 Å². The van der Waals surface area contributed by atoms with Gasteiger partial charge in [-0.2, -0.15) is 4.31 Å². The first-order valence-electron chi connectivity index (χ1n) is 6.04. The maximum absolute atomic E-state index is 12.5. The van der Waals surface area contributed by atoms with Crippen LogP contribution >= 0.6 is 11.8 Å². The van der Waals surface area contributed by atoms with Crippen molar-refractivity contribution >= 4 is 21.8 Å². The lowest BCUT2D eigenvalue weighted by molar-refractivity contribution is 0.00450. The van der Waals surface area contributed by atoms with E-state index in [4.69, 9.17) is 10.5 Å². The molecule has 0 saturated carbocycles. The van der Waals surface area contributed by atoms with Crippen molar-refractivity contribution in [3.63, 3.8) is 0 Å². The van der Waals surface area contributed by atoms with Crippen LogP contribution in [0.2, 0.25) is 0 Å². The number of morpholine rings is 1. The van der Waals surface area contributed by atoms with Gasteiger partial charge in [0.25, 0.3) is 0 Å². The second kappa shape index (κ2) is 6.23. The molecule has 1 aromatic rings. The number of thioether (sulfide) groups is 1. The van der Waals surface area contributed by atoms with Gasteiger partial charge in [-0.1, -0.05) is 6.07 Å². The molecule has 0 spiro atoms. The zero-order valence-corrected chi connectivity index (χ0v) is 12.4. The second-order valence-electron chi connectivity index (χ2n) is 4.27. The lowest BCUT2D eigenvalue weighted by atomic mass is 10.3. The highest BCUT2D eigenvalue weighted by atomic mass is 32.2. The lowest BCUT2D eigenvalue weighted by Gasteiger charge is -2.31. The van der Waals surface area contributed by atoms with Gasteiger partial charge in [-0.25, -0.2) is 8.42 Å². The Hall–Kier alpha value is -0.600. The van der Waals surface area contributed by atoms with E-state index in [0.29, 0.717) is 31.1 Å². The predicted octanol–water partition coefficient (Wildman–Crippen LogP) is 0.757. The molecular formula is C12H18N2O3S2. The Labute approximate surface area is 118 Å². The highest BCUT2D eigenvalue weighted by Crippen LogP contribution is 2.23. The SMILES string of the molecule is CSc1cccc(S(=O)(=O)N2CCOC(CN)C2)c1. The van der Waals surface area contributed by atoms with Gasteiger partial charge < -0.3 is 10.5 Å². The maximum atomic E-state index is 12.5. The fourth-order valence-corrected chi connectivity index (χ4v) is 4.00. The van der Waals surface area contributed by atoms with Crippen molar-refractivity contribution in [2.24, 2.45) is 5.73 Å². The van der Waals surface area contributed by atoms with Gasteiger partial charge in [0.05, 0.1) is 17.6 Å². The summed E-state index contributed by atoms with van der Waals surface area (Å²) in [6, 6.07) is 6.99. The first-order valence-corrected chi connectivity index (χ1v) is 8.70. The molecule has 1 aromatic carbocycles. The first kappa shape index (κ1) is 14.8. The van der Waals surface area contributed by atoms with Crippen molar-refractivity contribution in [1.29, 1.82) is 0 Å². The lowest BCUT2D eigenvalue weighted by Crippen LogP contribution is -2.48. The van der Waals surface area contributed by atoms with Crippen LogP contribution in [0.4, 0.5) is 0 Å². The summed E-state index contributed by atoms with van der Waals surface area (Å²) < 4.78 is 31.9. The van der Waals surface area contributed by atoms with E-state index in [1.165, 1.54) is 16.1 Å². The summed E-state index contributed by atoms with van der Waals surface area (Å²) in [7, 11) is -3.45. The van der Waals surface area contributed by atoms with Crippen LogP contribution < -0.4 is 5.73 Å². The molecule has 1 aliphatic rings. The Kier molecular flexibility index (Phi) is 4.86. The fraction of sp³-hybridized carbons (Fsp3) is 0.500. The smallest absolute Gasteiger partial charge is 0.243 e. The van der Waals surface area contributed by atoms with E-state index in [-0.39, 0.29) is 6.10 Å². The Morgan fingerprint density at radius 3 is 3.00 bits per heavy atom. The average Bonchev–Trinajstić information content (AvgIpc) is 2.47. The number of sulfonamides is 1. The van der Waals surface area contributed by atoms with E-state index < -0.39 is 10.0 Å². The second-order valence-corrected chi connectivity index (χ2v) is 7.09. The van der Waals surface area contributed by atoms with Crippen molar-refractivity contribution in [2.45, 2.75) is 15.9 Å². The van der Waals surface area contributed by atoms with E-state index >= 15 is 0 Å². The van der Waals surface area contributed by atoms with E-state index in [2.05, 4.69) is 0 Å². The zero-order chi connectivity index (χ0) is 13.9. The van der Waals surface area contributed by atoms with Crippen LogP contribution in [0.3, 0.4) is 0 Å². The minimum Gasteiger partial charge on any atom is -0.374 e. The van der Waals surface area contributed by atoms with Gasteiger partial charge in [-0.05, 0) is 24.5 Å². The molecule has 0 amide bonds. The molecular weight excluding hydrogens is 284 g/mol. The summed E-state index contributed by atoms with van der Waals surface area (Å²) in [5.74, 6) is 0. The number of rotatable bonds is 4. The van der Waals surface area contributed by atoms with Gasteiger partial charge >= 0.3 is 0 Å². The molecule has 0 bridgehead atoms. The first-order chi connectivity index (χ1) is 9.07. The van der Waals surface area contributed by atoms with Crippen LogP contribution in [0.25, 0.3) is 0 Å². The monoisotopic (exact) mass is 302 g/mol. The molecule has 1 fully saturated rings. The highest BCUT2D eigenvalue weighted by molar-refractivity contribution is 7.98. The number of hydrogen-bond donors (Lipinski definition) is 1. The molecule has 19 heavy (non-hydrogen) atoms. The molecule has 1 saturated heterocycles. The van der Waals surface area contributed by atoms with Crippen molar-refractivity contribution in [3.8, 4) is 0 Å². The number of ether oxygens (including phenoxy) is 1. The third-order valence-electron chi connectivity index (χ3n) is 3.04. The maximum Gasteiger partial charge on any atom is 0.243 e. The van der Waals surface area contributed by atoms with Crippen LogP contribution in [-0.2, 0) is 14.8 Å². The van der Waals surface area contributed by atoms with Gasteiger partial charge in [0.15, 0.2) is 0 Å². The summed E-state index contributed by atoms with van der Waals surface area (Å²) in [6.45, 7) is 1.42. The molecule has 5 nitrogen and oxygen atoms in total. The standard InChI is InChI=1S/C12H18N2O3S2/c1-18-11-3-2-4-12(7-11)19(15,16)14-5-6-17-10(8-13)9-14/h2-4,7,10H,5-6,8-9,13H2,1H3. The van der Waals surface area contributed by atoms with Crippen molar-refractivity contribution in [2.75, 3.05) is 32.5 Å². The molecule has 106 valence electrons. The van der Waals surface area contributed by atoms with Crippen LogP contribution in [0.5, 0.6) is 0 Å². The predicted molar refractivity (Wildman–Crippen MR) is 75.8 cm³/mol. The van der Waals surface area contributed by atoms with Crippen LogP contribution in [0.1, 0.15) is 0 Å². The van der Waals surface area contributed by atoms with E-state index in [0.717, 1.165) is 4.90 Å². The van der Waals surface area contributed by atoms with Gasteiger partial charge in [-0.3, -0.25) is 0 Å². The normalized spacial score (nSPS) is 21.5. The van der Waals surface area contributed by atoms with Gasteiger partial charge in [0, 0.05) is 24.5 Å². The minimum atomic E-state index is -3.45. The Balaban J connectivity index is 2.25. The number of nitrogens with zero attached hydrogens (tertiary/aromatic N) is 1.